The van der Waals surface area contributed by atoms with Crippen LogP contribution in [0.15, 0.2) is 35.4 Å². The summed E-state index contributed by atoms with van der Waals surface area (Å²) in [6, 6.07) is 10.0. The van der Waals surface area contributed by atoms with Crippen LogP contribution in [0, 0.1) is 5.92 Å². The largest absolute Gasteiger partial charge is 0.339 e. The highest BCUT2D eigenvalue weighted by molar-refractivity contribution is 5.82. The molecule has 5 heteroatoms. The van der Waals surface area contributed by atoms with E-state index < -0.39 is 0 Å². The second-order valence-electron chi connectivity index (χ2n) is 5.62. The molecule has 1 amide bonds. The van der Waals surface area contributed by atoms with Gasteiger partial charge in [0.15, 0.2) is 0 Å². The summed E-state index contributed by atoms with van der Waals surface area (Å²) in [6.07, 6.45) is 3.91. The number of amides is 1. The average Bonchev–Trinajstić information content (AvgIpc) is 3.06. The van der Waals surface area contributed by atoms with Crippen LogP contribution in [0.4, 0.5) is 0 Å². The van der Waals surface area contributed by atoms with Gasteiger partial charge >= 0.3 is 0 Å². The number of rotatable bonds is 5. The predicted molar refractivity (Wildman–Crippen MR) is 75.8 cm³/mol. The normalized spacial score (nSPS) is 25.6. The lowest BCUT2D eigenvalue weighted by Crippen LogP contribution is -2.38. The lowest BCUT2D eigenvalue weighted by atomic mass is 10.0. The van der Waals surface area contributed by atoms with Crippen LogP contribution in [0.25, 0.3) is 10.4 Å². The molecule has 1 heterocycles. The van der Waals surface area contributed by atoms with Gasteiger partial charge in [-0.15, -0.1) is 0 Å². The van der Waals surface area contributed by atoms with Gasteiger partial charge in [-0.2, -0.15) is 0 Å². The number of fused-ring (bicyclic) bond motifs is 2. The van der Waals surface area contributed by atoms with E-state index in [9.17, 15) is 4.79 Å². The monoisotopic (exact) mass is 270 g/mol. The number of piperidine rings is 1. The summed E-state index contributed by atoms with van der Waals surface area (Å²) in [6.45, 7) is 0.693. The number of carbonyl (C=O) groups excluding carboxylic acids is 1. The zero-order chi connectivity index (χ0) is 13.9. The fourth-order valence-electron chi connectivity index (χ4n) is 3.46. The molecule has 2 bridgehead atoms. The molecule has 0 unspecified atom stereocenters. The van der Waals surface area contributed by atoms with Crippen molar-refractivity contribution < 1.29 is 4.79 Å². The summed E-state index contributed by atoms with van der Waals surface area (Å²) in [7, 11) is 0. The summed E-state index contributed by atoms with van der Waals surface area (Å²) < 4.78 is 0. The quantitative estimate of drug-likeness (QED) is 0.459. The van der Waals surface area contributed by atoms with Crippen molar-refractivity contribution in [2.75, 3.05) is 6.54 Å². The Bertz CT molecular complexity index is 538. The molecule has 0 N–H and O–H groups in total. The Kier molecular flexibility index (Phi) is 3.61. The highest BCUT2D eigenvalue weighted by Crippen LogP contribution is 2.39. The molecule has 2 fully saturated rings. The second kappa shape index (κ2) is 5.55. The third-order valence-corrected chi connectivity index (χ3v) is 4.50. The summed E-state index contributed by atoms with van der Waals surface area (Å²) in [5, 5.41) is 3.89. The molecule has 0 spiro atoms. The number of likely N-dealkylation sites (tertiary alicyclic amines) is 1. The Labute approximate surface area is 118 Å². The first-order valence-corrected chi connectivity index (χ1v) is 7.19. The molecule has 3 atom stereocenters. The number of hydrogen-bond donors (Lipinski definition) is 0. The number of carbonyl (C=O) groups is 1. The first kappa shape index (κ1) is 13.0. The molecule has 20 heavy (non-hydrogen) atoms. The van der Waals surface area contributed by atoms with E-state index >= 15 is 0 Å². The predicted octanol–water partition coefficient (Wildman–Crippen LogP) is 3.44. The third-order valence-electron chi connectivity index (χ3n) is 4.50. The van der Waals surface area contributed by atoms with Crippen molar-refractivity contribution in [2.24, 2.45) is 11.0 Å². The molecule has 0 aromatic heterocycles. The third kappa shape index (κ3) is 2.37. The van der Waals surface area contributed by atoms with E-state index in [0.29, 0.717) is 24.9 Å². The SMILES string of the molecule is [N-]=[N+]=N[C@@H](CCN1C(=O)[C@@H]2CC[C@H]1C2)c1ccccc1. The van der Waals surface area contributed by atoms with Gasteiger partial charge in [0.2, 0.25) is 5.91 Å². The van der Waals surface area contributed by atoms with Crippen LogP contribution in [0.5, 0.6) is 0 Å². The fourth-order valence-corrected chi connectivity index (χ4v) is 3.46. The maximum atomic E-state index is 12.1. The van der Waals surface area contributed by atoms with Crippen LogP contribution in [0.1, 0.15) is 37.3 Å². The molecule has 1 aliphatic carbocycles. The lowest BCUT2D eigenvalue weighted by Gasteiger charge is -2.28. The second-order valence-corrected chi connectivity index (χ2v) is 5.62. The van der Waals surface area contributed by atoms with Crippen molar-refractivity contribution in [3.63, 3.8) is 0 Å². The van der Waals surface area contributed by atoms with Crippen LogP contribution >= 0.6 is 0 Å². The molecular weight excluding hydrogens is 252 g/mol. The van der Waals surface area contributed by atoms with E-state index in [4.69, 9.17) is 5.53 Å². The Hall–Kier alpha value is -2.00. The number of azide groups is 1. The van der Waals surface area contributed by atoms with Crippen molar-refractivity contribution >= 4 is 5.91 Å². The van der Waals surface area contributed by atoms with E-state index in [2.05, 4.69) is 10.0 Å². The highest BCUT2D eigenvalue weighted by atomic mass is 16.2. The van der Waals surface area contributed by atoms with Gasteiger partial charge in [-0.3, -0.25) is 4.79 Å². The Morgan fingerprint density at radius 3 is 2.80 bits per heavy atom. The molecule has 3 rings (SSSR count). The van der Waals surface area contributed by atoms with Gasteiger partial charge in [0, 0.05) is 23.4 Å². The molecule has 104 valence electrons. The summed E-state index contributed by atoms with van der Waals surface area (Å²) in [5.41, 5.74) is 9.74. The number of nitrogens with zero attached hydrogens (tertiary/aromatic N) is 4. The zero-order valence-corrected chi connectivity index (χ0v) is 11.4. The van der Waals surface area contributed by atoms with Crippen LogP contribution in [0.2, 0.25) is 0 Å². The summed E-state index contributed by atoms with van der Waals surface area (Å²) in [4.78, 5) is 17.0. The van der Waals surface area contributed by atoms with Crippen molar-refractivity contribution in [1.82, 2.24) is 4.90 Å². The standard InChI is InChI=1S/C15H18N4O/c16-18-17-14(11-4-2-1-3-5-11)8-9-19-13-7-6-12(10-13)15(19)20/h1-5,12-14H,6-10H2/t12-,13+,14+/m1/s1. The van der Waals surface area contributed by atoms with Crippen molar-refractivity contribution in [2.45, 2.75) is 37.8 Å². The van der Waals surface area contributed by atoms with Crippen molar-refractivity contribution in [3.05, 3.63) is 46.3 Å². The van der Waals surface area contributed by atoms with Crippen LogP contribution < -0.4 is 0 Å². The molecular formula is C15H18N4O. The van der Waals surface area contributed by atoms with E-state index in [0.717, 1.165) is 24.8 Å². The number of benzene rings is 1. The summed E-state index contributed by atoms with van der Waals surface area (Å²) >= 11 is 0. The van der Waals surface area contributed by atoms with Crippen LogP contribution in [-0.2, 0) is 4.79 Å². The van der Waals surface area contributed by atoms with Crippen molar-refractivity contribution in [1.29, 1.82) is 0 Å². The van der Waals surface area contributed by atoms with Gasteiger partial charge in [0.25, 0.3) is 0 Å². The molecule has 2 aliphatic rings. The van der Waals surface area contributed by atoms with E-state index in [-0.39, 0.29) is 12.0 Å². The molecule has 1 aromatic rings. The first-order chi connectivity index (χ1) is 9.79. The average molecular weight is 270 g/mol. The smallest absolute Gasteiger partial charge is 0.226 e. The van der Waals surface area contributed by atoms with Gasteiger partial charge in [-0.05, 0) is 36.8 Å². The Morgan fingerprint density at radius 1 is 1.35 bits per heavy atom. The van der Waals surface area contributed by atoms with Gasteiger partial charge < -0.3 is 4.90 Å². The topological polar surface area (TPSA) is 69.1 Å². The molecule has 5 nitrogen and oxygen atoms in total. The molecule has 1 saturated heterocycles. The van der Waals surface area contributed by atoms with E-state index in [1.807, 2.05) is 35.2 Å². The van der Waals surface area contributed by atoms with Gasteiger partial charge in [-0.1, -0.05) is 35.4 Å². The molecule has 1 aliphatic heterocycles. The minimum Gasteiger partial charge on any atom is -0.339 e. The van der Waals surface area contributed by atoms with Crippen molar-refractivity contribution in [3.8, 4) is 0 Å². The molecule has 0 radical (unpaired) electrons. The van der Waals surface area contributed by atoms with Gasteiger partial charge in [0.05, 0.1) is 6.04 Å². The Morgan fingerprint density at radius 2 is 2.15 bits per heavy atom. The zero-order valence-electron chi connectivity index (χ0n) is 11.4. The van der Waals surface area contributed by atoms with Gasteiger partial charge in [-0.25, -0.2) is 0 Å². The maximum absolute atomic E-state index is 12.1. The van der Waals surface area contributed by atoms with E-state index in [1.54, 1.807) is 0 Å². The molecule has 1 saturated carbocycles. The van der Waals surface area contributed by atoms with Gasteiger partial charge in [0.1, 0.15) is 0 Å². The van der Waals surface area contributed by atoms with Crippen LogP contribution in [0.3, 0.4) is 0 Å². The van der Waals surface area contributed by atoms with E-state index in [1.165, 1.54) is 0 Å². The lowest BCUT2D eigenvalue weighted by molar-refractivity contribution is -0.134. The Balaban J connectivity index is 1.66. The van der Waals surface area contributed by atoms with Crippen LogP contribution in [-0.4, -0.2) is 23.4 Å². The minimum atomic E-state index is -0.187. The summed E-state index contributed by atoms with van der Waals surface area (Å²) in [5.74, 6) is 0.559. The highest BCUT2D eigenvalue weighted by Gasteiger charge is 2.44. The minimum absolute atomic E-state index is 0.187. The molecule has 1 aromatic carbocycles. The maximum Gasteiger partial charge on any atom is 0.226 e. The first-order valence-electron chi connectivity index (χ1n) is 7.19. The fraction of sp³-hybridized carbons (Fsp3) is 0.533. The number of hydrogen-bond acceptors (Lipinski definition) is 2.